The Labute approximate surface area is 172 Å². The first-order valence-electron chi connectivity index (χ1n) is 9.41. The summed E-state index contributed by atoms with van der Waals surface area (Å²) in [5.74, 6) is 1.30. The molecule has 3 heterocycles. The molecule has 1 aromatic carbocycles. The Balaban J connectivity index is 1.35. The number of benzene rings is 1. The van der Waals surface area contributed by atoms with Crippen LogP contribution in [0.15, 0.2) is 41.3 Å². The zero-order valence-corrected chi connectivity index (χ0v) is 17.6. The first-order chi connectivity index (χ1) is 13.5. The highest BCUT2D eigenvalue weighted by Gasteiger charge is 2.24. The van der Waals surface area contributed by atoms with E-state index in [1.54, 1.807) is 17.1 Å². The van der Waals surface area contributed by atoms with Crippen molar-refractivity contribution >= 4 is 38.7 Å². The summed E-state index contributed by atoms with van der Waals surface area (Å²) in [5, 5.41) is 5.11. The van der Waals surface area contributed by atoms with Crippen molar-refractivity contribution in [2.24, 2.45) is 13.0 Å². The molecule has 1 saturated heterocycles. The number of piperidine rings is 1. The van der Waals surface area contributed by atoms with Gasteiger partial charge in [-0.3, -0.25) is 9.48 Å². The Morgan fingerprint density at radius 3 is 2.79 bits per heavy atom. The molecule has 0 radical (unpaired) electrons. The van der Waals surface area contributed by atoms with Gasteiger partial charge in [0.1, 0.15) is 0 Å². The molecule has 1 aliphatic rings. The molecule has 0 spiro atoms. The van der Waals surface area contributed by atoms with Crippen molar-refractivity contribution in [1.29, 1.82) is 0 Å². The lowest BCUT2D eigenvalue weighted by Crippen LogP contribution is -2.40. The average molecular weight is 443 g/mol. The van der Waals surface area contributed by atoms with Crippen LogP contribution in [0, 0.1) is 5.92 Å². The van der Waals surface area contributed by atoms with Crippen molar-refractivity contribution in [3.63, 3.8) is 0 Å². The molecule has 0 atom stereocenters. The van der Waals surface area contributed by atoms with E-state index in [1.807, 2.05) is 43.4 Å². The monoisotopic (exact) mass is 442 g/mol. The van der Waals surface area contributed by atoms with E-state index in [1.165, 1.54) is 0 Å². The van der Waals surface area contributed by atoms with Gasteiger partial charge in [-0.05, 0) is 37.0 Å². The highest BCUT2D eigenvalue weighted by Crippen LogP contribution is 2.24. The largest absolute Gasteiger partial charge is 0.341 e. The van der Waals surface area contributed by atoms with Crippen molar-refractivity contribution in [3.8, 4) is 0 Å². The topological polar surface area (TPSA) is 67.2 Å². The van der Waals surface area contributed by atoms with Crippen LogP contribution in [-0.4, -0.2) is 57.2 Å². The summed E-state index contributed by atoms with van der Waals surface area (Å²) >= 11 is 3.48. The Bertz CT molecular complexity index is 995. The van der Waals surface area contributed by atoms with Gasteiger partial charge in [0.25, 0.3) is 5.91 Å². The second kappa shape index (κ2) is 7.87. The van der Waals surface area contributed by atoms with Crippen LogP contribution in [0.4, 0.5) is 5.95 Å². The van der Waals surface area contributed by atoms with Crippen LogP contribution in [0.3, 0.4) is 0 Å². The summed E-state index contributed by atoms with van der Waals surface area (Å²) in [6, 6.07) is 6.04. The predicted octanol–water partition coefficient (Wildman–Crippen LogP) is 3.11. The van der Waals surface area contributed by atoms with Crippen molar-refractivity contribution in [2.45, 2.75) is 12.8 Å². The fourth-order valence-electron chi connectivity index (χ4n) is 3.68. The fraction of sp³-hybridized carbons (Fsp3) is 0.400. The van der Waals surface area contributed by atoms with Gasteiger partial charge in [0.2, 0.25) is 5.95 Å². The number of carbonyl (C=O) groups is 1. The quantitative estimate of drug-likeness (QED) is 0.620. The van der Waals surface area contributed by atoms with E-state index in [2.05, 4.69) is 30.9 Å². The van der Waals surface area contributed by atoms with Gasteiger partial charge in [-0.2, -0.15) is 5.10 Å². The van der Waals surface area contributed by atoms with Crippen LogP contribution in [0.1, 0.15) is 23.2 Å². The standard InChI is InChI=1S/C20H23BrN6O/c1-25(19(28)16-11-23-26(2)13-16)12-14-5-7-27(8-6-14)20-22-10-15-9-17(21)3-4-18(15)24-20/h3-4,9-11,13-14H,5-8,12H2,1-2H3. The van der Waals surface area contributed by atoms with Crippen LogP contribution in [0.5, 0.6) is 0 Å². The van der Waals surface area contributed by atoms with Gasteiger partial charge in [0, 0.05) is 56.0 Å². The SMILES string of the molecule is CN(CC1CCN(c2ncc3cc(Br)ccc3n2)CC1)C(=O)c1cnn(C)c1. The van der Waals surface area contributed by atoms with E-state index in [9.17, 15) is 4.79 Å². The number of amides is 1. The predicted molar refractivity (Wildman–Crippen MR) is 112 cm³/mol. The van der Waals surface area contributed by atoms with Crippen molar-refractivity contribution in [2.75, 3.05) is 31.6 Å². The Morgan fingerprint density at radius 1 is 1.29 bits per heavy atom. The fourth-order valence-corrected chi connectivity index (χ4v) is 4.06. The van der Waals surface area contributed by atoms with Crippen LogP contribution >= 0.6 is 15.9 Å². The smallest absolute Gasteiger partial charge is 0.256 e. The maximum atomic E-state index is 12.5. The van der Waals surface area contributed by atoms with Gasteiger partial charge >= 0.3 is 0 Å². The van der Waals surface area contributed by atoms with E-state index in [4.69, 9.17) is 4.98 Å². The molecule has 0 aliphatic carbocycles. The molecule has 3 aromatic rings. The first-order valence-corrected chi connectivity index (χ1v) is 10.2. The number of fused-ring (bicyclic) bond motifs is 1. The van der Waals surface area contributed by atoms with Gasteiger partial charge in [-0.1, -0.05) is 15.9 Å². The second-order valence-corrected chi connectivity index (χ2v) is 8.31. The van der Waals surface area contributed by atoms with Crippen LogP contribution < -0.4 is 4.90 Å². The Kier molecular flexibility index (Phi) is 5.30. The van der Waals surface area contributed by atoms with E-state index < -0.39 is 0 Å². The molecule has 28 heavy (non-hydrogen) atoms. The number of aryl methyl sites for hydroxylation is 1. The summed E-state index contributed by atoms with van der Waals surface area (Å²) < 4.78 is 2.68. The molecule has 0 unspecified atom stereocenters. The average Bonchev–Trinajstić information content (AvgIpc) is 3.14. The van der Waals surface area contributed by atoms with Gasteiger partial charge in [-0.15, -0.1) is 0 Å². The third-order valence-corrected chi connectivity index (χ3v) is 5.75. The van der Waals surface area contributed by atoms with Crippen LogP contribution in [0.25, 0.3) is 10.9 Å². The highest BCUT2D eigenvalue weighted by molar-refractivity contribution is 9.10. The Morgan fingerprint density at radius 2 is 2.07 bits per heavy atom. The van der Waals surface area contributed by atoms with Crippen molar-refractivity contribution in [3.05, 3.63) is 46.8 Å². The van der Waals surface area contributed by atoms with E-state index in [0.29, 0.717) is 11.5 Å². The summed E-state index contributed by atoms with van der Waals surface area (Å²) in [5.41, 5.74) is 1.59. The third kappa shape index (κ3) is 4.01. The van der Waals surface area contributed by atoms with Crippen LogP contribution in [0.2, 0.25) is 0 Å². The number of carbonyl (C=O) groups excluding carboxylic acids is 1. The zero-order valence-electron chi connectivity index (χ0n) is 16.0. The first kappa shape index (κ1) is 18.9. The molecule has 2 aromatic heterocycles. The number of nitrogens with zero attached hydrogens (tertiary/aromatic N) is 6. The molecule has 8 heteroatoms. The van der Waals surface area contributed by atoms with Crippen LogP contribution in [-0.2, 0) is 7.05 Å². The molecule has 1 aliphatic heterocycles. The van der Waals surface area contributed by atoms with Crippen molar-refractivity contribution < 1.29 is 4.79 Å². The molecule has 0 N–H and O–H groups in total. The molecule has 7 nitrogen and oxygen atoms in total. The number of hydrogen-bond acceptors (Lipinski definition) is 5. The minimum Gasteiger partial charge on any atom is -0.341 e. The Hall–Kier alpha value is -2.48. The molecular weight excluding hydrogens is 420 g/mol. The lowest BCUT2D eigenvalue weighted by molar-refractivity contribution is 0.0764. The van der Waals surface area contributed by atoms with Gasteiger partial charge in [-0.25, -0.2) is 9.97 Å². The molecule has 4 rings (SSSR count). The maximum absolute atomic E-state index is 12.5. The number of halogens is 1. The second-order valence-electron chi connectivity index (χ2n) is 7.39. The molecule has 0 bridgehead atoms. The van der Waals surface area contributed by atoms with E-state index >= 15 is 0 Å². The van der Waals surface area contributed by atoms with Crippen molar-refractivity contribution in [1.82, 2.24) is 24.6 Å². The third-order valence-electron chi connectivity index (χ3n) is 5.26. The van der Waals surface area contributed by atoms with E-state index in [0.717, 1.165) is 53.8 Å². The summed E-state index contributed by atoms with van der Waals surface area (Å²) in [7, 11) is 3.69. The van der Waals surface area contributed by atoms with Gasteiger partial charge < -0.3 is 9.80 Å². The summed E-state index contributed by atoms with van der Waals surface area (Å²) in [4.78, 5) is 25.8. The number of aromatic nitrogens is 4. The highest BCUT2D eigenvalue weighted by atomic mass is 79.9. The lowest BCUT2D eigenvalue weighted by Gasteiger charge is -2.33. The molecule has 1 fully saturated rings. The molecule has 1 amide bonds. The molecular formula is C20H23BrN6O. The van der Waals surface area contributed by atoms with E-state index in [-0.39, 0.29) is 5.91 Å². The minimum absolute atomic E-state index is 0.0274. The minimum atomic E-state index is 0.0274. The number of anilines is 1. The normalized spacial score (nSPS) is 15.2. The molecule has 146 valence electrons. The zero-order chi connectivity index (χ0) is 19.7. The van der Waals surface area contributed by atoms with Gasteiger partial charge in [0.15, 0.2) is 0 Å². The lowest BCUT2D eigenvalue weighted by atomic mass is 9.96. The maximum Gasteiger partial charge on any atom is 0.256 e. The molecule has 0 saturated carbocycles. The number of rotatable bonds is 4. The van der Waals surface area contributed by atoms with Gasteiger partial charge in [0.05, 0.1) is 17.3 Å². The number of hydrogen-bond donors (Lipinski definition) is 0. The summed E-state index contributed by atoms with van der Waals surface area (Å²) in [6.07, 6.45) is 7.31. The summed E-state index contributed by atoms with van der Waals surface area (Å²) in [6.45, 7) is 2.57.